The van der Waals surface area contributed by atoms with E-state index >= 15 is 0 Å². The summed E-state index contributed by atoms with van der Waals surface area (Å²) in [7, 11) is 1.80. The predicted octanol–water partition coefficient (Wildman–Crippen LogP) is 3.32. The molecule has 1 fully saturated rings. The van der Waals surface area contributed by atoms with Crippen LogP contribution in [0, 0.1) is 15.5 Å². The highest BCUT2D eigenvalue weighted by Crippen LogP contribution is 2.46. The summed E-state index contributed by atoms with van der Waals surface area (Å²) in [6, 6.07) is 6.43. The zero-order chi connectivity index (χ0) is 18.0. The molecule has 0 atom stereocenters. The van der Waals surface area contributed by atoms with Crippen molar-refractivity contribution in [3.63, 3.8) is 0 Å². The third-order valence-corrected chi connectivity index (χ3v) is 5.17. The number of halogens is 1. The molecule has 2 N–H and O–H groups in total. The van der Waals surface area contributed by atoms with Crippen LogP contribution in [-0.2, 0) is 0 Å². The van der Waals surface area contributed by atoms with Gasteiger partial charge in [-0.05, 0) is 26.0 Å². The Morgan fingerprint density at radius 3 is 2.28 bits per heavy atom. The Morgan fingerprint density at radius 2 is 1.84 bits per heavy atom. The summed E-state index contributed by atoms with van der Waals surface area (Å²) in [6.07, 6.45) is 0. The number of hydrogen-bond donors (Lipinski definition) is 2. The minimum Gasteiger partial charge on any atom is -0.383 e. The molecule has 0 aromatic heterocycles. The molecular formula is C17H28IN5O2. The summed E-state index contributed by atoms with van der Waals surface area (Å²) >= 11 is 0. The summed E-state index contributed by atoms with van der Waals surface area (Å²) in [5.74, 6) is 0.907. The van der Waals surface area contributed by atoms with Gasteiger partial charge in [0.15, 0.2) is 5.96 Å². The number of nitro groups is 1. The summed E-state index contributed by atoms with van der Waals surface area (Å²) in [4.78, 5) is 16.9. The van der Waals surface area contributed by atoms with Gasteiger partial charge in [-0.1, -0.05) is 13.8 Å². The highest BCUT2D eigenvalue weighted by atomic mass is 127. The molecule has 1 aromatic carbocycles. The van der Waals surface area contributed by atoms with Crippen LogP contribution < -0.4 is 10.6 Å². The standard InChI is InChI=1S/C17H27N5O2.HI/c1-16(2)12-21(17(16,3)4)15(18-5)20-11-10-19-13-6-8-14(9-7-13)22(23)24;/h6-9,19H,10-12H2,1-5H3,(H,18,20);1H. The monoisotopic (exact) mass is 461 g/mol. The zero-order valence-electron chi connectivity index (χ0n) is 15.5. The maximum absolute atomic E-state index is 10.6. The summed E-state index contributed by atoms with van der Waals surface area (Å²) in [5.41, 5.74) is 1.30. The van der Waals surface area contributed by atoms with Gasteiger partial charge in [0.1, 0.15) is 0 Å². The smallest absolute Gasteiger partial charge is 0.269 e. The van der Waals surface area contributed by atoms with Crippen molar-refractivity contribution in [3.8, 4) is 0 Å². The maximum atomic E-state index is 10.6. The van der Waals surface area contributed by atoms with E-state index in [9.17, 15) is 10.1 Å². The number of likely N-dealkylation sites (tertiary alicyclic amines) is 1. The van der Waals surface area contributed by atoms with Crippen LogP contribution in [0.15, 0.2) is 29.3 Å². The molecule has 1 aromatic rings. The number of nitro benzene ring substituents is 1. The van der Waals surface area contributed by atoms with Crippen LogP contribution in [-0.4, -0.2) is 48.0 Å². The molecule has 1 saturated heterocycles. The van der Waals surface area contributed by atoms with Gasteiger partial charge >= 0.3 is 0 Å². The fraction of sp³-hybridized carbons (Fsp3) is 0.588. The lowest BCUT2D eigenvalue weighted by atomic mass is 9.65. The van der Waals surface area contributed by atoms with E-state index in [1.165, 1.54) is 12.1 Å². The minimum absolute atomic E-state index is 0. The normalized spacial score (nSPS) is 18.0. The molecule has 1 heterocycles. The Balaban J connectivity index is 0.00000312. The number of guanidine groups is 1. The minimum atomic E-state index is -0.397. The Bertz CT molecular complexity index is 628. The molecule has 0 bridgehead atoms. The van der Waals surface area contributed by atoms with Gasteiger partial charge in [-0.25, -0.2) is 0 Å². The predicted molar refractivity (Wildman–Crippen MR) is 113 cm³/mol. The molecule has 1 aliphatic heterocycles. The third kappa shape index (κ3) is 4.53. The van der Waals surface area contributed by atoms with Crippen molar-refractivity contribution in [2.24, 2.45) is 10.4 Å². The molecule has 2 rings (SSSR count). The van der Waals surface area contributed by atoms with E-state index in [-0.39, 0.29) is 40.6 Å². The average Bonchev–Trinajstić information content (AvgIpc) is 2.54. The Morgan fingerprint density at radius 1 is 1.24 bits per heavy atom. The quantitative estimate of drug-likeness (QED) is 0.176. The second kappa shape index (κ2) is 8.20. The number of benzene rings is 1. The Kier molecular flexibility index (Phi) is 7.04. The lowest BCUT2D eigenvalue weighted by Gasteiger charge is -2.62. The van der Waals surface area contributed by atoms with Crippen molar-refractivity contribution >= 4 is 41.3 Å². The second-order valence-corrected chi connectivity index (χ2v) is 7.23. The van der Waals surface area contributed by atoms with E-state index in [2.05, 4.69) is 48.2 Å². The van der Waals surface area contributed by atoms with Crippen LogP contribution in [0.25, 0.3) is 0 Å². The van der Waals surface area contributed by atoms with E-state index in [4.69, 9.17) is 0 Å². The number of hydrogen-bond acceptors (Lipinski definition) is 4. The van der Waals surface area contributed by atoms with Crippen LogP contribution in [0.1, 0.15) is 27.7 Å². The summed E-state index contributed by atoms with van der Waals surface area (Å²) in [6.45, 7) is 11.4. The van der Waals surface area contributed by atoms with Gasteiger partial charge in [0.05, 0.1) is 4.92 Å². The molecule has 0 radical (unpaired) electrons. The molecular weight excluding hydrogens is 433 g/mol. The van der Waals surface area contributed by atoms with Crippen LogP contribution in [0.3, 0.4) is 0 Å². The highest BCUT2D eigenvalue weighted by Gasteiger charge is 2.53. The second-order valence-electron chi connectivity index (χ2n) is 7.23. The van der Waals surface area contributed by atoms with Crippen LogP contribution in [0.4, 0.5) is 11.4 Å². The number of nitrogens with zero attached hydrogens (tertiary/aromatic N) is 3. The molecule has 25 heavy (non-hydrogen) atoms. The van der Waals surface area contributed by atoms with Crippen molar-refractivity contribution in [2.45, 2.75) is 33.2 Å². The van der Waals surface area contributed by atoms with E-state index in [1.807, 2.05) is 0 Å². The molecule has 0 saturated carbocycles. The van der Waals surface area contributed by atoms with E-state index in [0.717, 1.165) is 24.7 Å². The SMILES string of the molecule is CN=C(NCCNc1ccc([N+](=O)[O-])cc1)N1CC(C)(C)C1(C)C.I. The highest BCUT2D eigenvalue weighted by molar-refractivity contribution is 14.0. The van der Waals surface area contributed by atoms with Crippen LogP contribution in [0.2, 0.25) is 0 Å². The molecule has 0 spiro atoms. The van der Waals surface area contributed by atoms with Gasteiger partial charge in [0, 0.05) is 55.5 Å². The van der Waals surface area contributed by atoms with Crippen molar-refractivity contribution < 1.29 is 4.92 Å². The van der Waals surface area contributed by atoms with Crippen molar-refractivity contribution in [2.75, 3.05) is 32.0 Å². The van der Waals surface area contributed by atoms with Gasteiger partial charge in [-0.3, -0.25) is 15.1 Å². The topological polar surface area (TPSA) is 82.8 Å². The van der Waals surface area contributed by atoms with Crippen LogP contribution >= 0.6 is 24.0 Å². The van der Waals surface area contributed by atoms with Gasteiger partial charge in [-0.15, -0.1) is 24.0 Å². The van der Waals surface area contributed by atoms with Crippen molar-refractivity contribution in [1.29, 1.82) is 0 Å². The third-order valence-electron chi connectivity index (χ3n) is 5.17. The van der Waals surface area contributed by atoms with Gasteiger partial charge < -0.3 is 15.5 Å². The number of nitrogens with one attached hydrogen (secondary N) is 2. The number of rotatable bonds is 5. The molecule has 0 amide bonds. The zero-order valence-corrected chi connectivity index (χ0v) is 17.8. The van der Waals surface area contributed by atoms with E-state index in [0.29, 0.717) is 6.54 Å². The van der Waals surface area contributed by atoms with Crippen LogP contribution in [0.5, 0.6) is 0 Å². The van der Waals surface area contributed by atoms with E-state index in [1.54, 1.807) is 19.2 Å². The first-order valence-corrected chi connectivity index (χ1v) is 8.16. The van der Waals surface area contributed by atoms with Crippen molar-refractivity contribution in [1.82, 2.24) is 10.2 Å². The van der Waals surface area contributed by atoms with Gasteiger partial charge in [0.25, 0.3) is 5.69 Å². The lowest BCUT2D eigenvalue weighted by molar-refractivity contribution is -0.384. The number of aliphatic imine (C=N–C) groups is 1. The van der Waals surface area contributed by atoms with Gasteiger partial charge in [0.2, 0.25) is 0 Å². The number of anilines is 1. The van der Waals surface area contributed by atoms with Crippen molar-refractivity contribution in [3.05, 3.63) is 34.4 Å². The lowest BCUT2D eigenvalue weighted by Crippen LogP contribution is -2.72. The molecule has 1 aliphatic rings. The fourth-order valence-corrected chi connectivity index (χ4v) is 2.78. The molecule has 0 aliphatic carbocycles. The fourth-order valence-electron chi connectivity index (χ4n) is 2.78. The largest absolute Gasteiger partial charge is 0.383 e. The Hall–Kier alpha value is -1.58. The summed E-state index contributed by atoms with van der Waals surface area (Å²) < 4.78 is 0. The molecule has 140 valence electrons. The van der Waals surface area contributed by atoms with Gasteiger partial charge in [-0.2, -0.15) is 0 Å². The molecule has 0 unspecified atom stereocenters. The first-order chi connectivity index (χ1) is 11.2. The molecule has 8 heteroatoms. The van der Waals surface area contributed by atoms with E-state index < -0.39 is 4.92 Å². The first-order valence-electron chi connectivity index (χ1n) is 8.16. The maximum Gasteiger partial charge on any atom is 0.269 e. The number of non-ortho nitro benzene ring substituents is 1. The molecule has 7 nitrogen and oxygen atoms in total. The first kappa shape index (κ1) is 21.5. The Labute approximate surface area is 166 Å². The average molecular weight is 461 g/mol. The summed E-state index contributed by atoms with van der Waals surface area (Å²) in [5, 5.41) is 17.2.